The monoisotopic (exact) mass is 271 g/mol. The van der Waals surface area contributed by atoms with Gasteiger partial charge in [-0.15, -0.1) is 0 Å². The lowest BCUT2D eigenvalue weighted by Crippen LogP contribution is -2.12. The molecule has 0 fully saturated rings. The SMILES string of the molecule is COC(=O)Cc1nc([N+](=O)[O-])cc(C#N)c1C(F)F. The maximum absolute atomic E-state index is 12.8. The number of methoxy groups -OCH3 is 1. The van der Waals surface area contributed by atoms with E-state index >= 15 is 0 Å². The van der Waals surface area contributed by atoms with E-state index < -0.39 is 46.4 Å². The third kappa shape index (κ3) is 3.19. The van der Waals surface area contributed by atoms with Crippen LogP contribution in [0.1, 0.15) is 23.2 Å². The Hall–Kier alpha value is -2.63. The molecule has 0 aliphatic rings. The number of pyridine rings is 1. The number of carbonyl (C=O) groups is 1. The molecule has 1 heterocycles. The molecule has 1 aromatic rings. The number of carbonyl (C=O) groups excluding carboxylic acids is 1. The molecule has 0 aromatic carbocycles. The highest BCUT2D eigenvalue weighted by atomic mass is 19.3. The Bertz CT molecular complexity index is 569. The van der Waals surface area contributed by atoms with Gasteiger partial charge in [0.25, 0.3) is 6.43 Å². The van der Waals surface area contributed by atoms with Crippen LogP contribution in [0.15, 0.2) is 6.07 Å². The van der Waals surface area contributed by atoms with Gasteiger partial charge in [0, 0.05) is 0 Å². The van der Waals surface area contributed by atoms with Gasteiger partial charge in [-0.1, -0.05) is 0 Å². The topological polar surface area (TPSA) is 106 Å². The van der Waals surface area contributed by atoms with Gasteiger partial charge >= 0.3 is 11.8 Å². The van der Waals surface area contributed by atoms with Gasteiger partial charge in [-0.25, -0.2) is 8.78 Å². The second-order valence-corrected chi connectivity index (χ2v) is 3.31. The first kappa shape index (κ1) is 14.4. The van der Waals surface area contributed by atoms with Gasteiger partial charge in [0.15, 0.2) is 5.69 Å². The first-order chi connectivity index (χ1) is 8.90. The molecule has 0 atom stereocenters. The molecule has 0 saturated heterocycles. The first-order valence-electron chi connectivity index (χ1n) is 4.84. The summed E-state index contributed by atoms with van der Waals surface area (Å²) in [5.41, 5.74) is -1.92. The standard InChI is InChI=1S/C10H7F2N3O4/c1-19-8(16)3-6-9(10(11)12)5(4-13)2-7(14-6)15(17)18/h2,10H,3H2,1H3. The molecular weight excluding hydrogens is 264 g/mol. The Kier molecular flexibility index (Phi) is 4.41. The van der Waals surface area contributed by atoms with E-state index in [4.69, 9.17) is 5.26 Å². The number of esters is 1. The van der Waals surface area contributed by atoms with Crippen LogP contribution in [0.2, 0.25) is 0 Å². The number of rotatable bonds is 4. The van der Waals surface area contributed by atoms with Crippen molar-refractivity contribution < 1.29 is 23.2 Å². The zero-order chi connectivity index (χ0) is 14.6. The smallest absolute Gasteiger partial charge is 0.365 e. The van der Waals surface area contributed by atoms with Crippen molar-refractivity contribution >= 4 is 11.8 Å². The van der Waals surface area contributed by atoms with E-state index in [1.165, 1.54) is 6.07 Å². The van der Waals surface area contributed by atoms with E-state index in [0.29, 0.717) is 6.07 Å². The summed E-state index contributed by atoms with van der Waals surface area (Å²) in [5.74, 6) is -1.67. The molecule has 0 N–H and O–H groups in total. The molecule has 0 radical (unpaired) electrons. The summed E-state index contributed by atoms with van der Waals surface area (Å²) < 4.78 is 30.0. The molecule has 0 saturated carbocycles. The van der Waals surface area contributed by atoms with E-state index in [9.17, 15) is 23.7 Å². The molecule has 0 unspecified atom stereocenters. The fraction of sp³-hybridized carbons (Fsp3) is 0.300. The van der Waals surface area contributed by atoms with Crippen LogP contribution in [0.4, 0.5) is 14.6 Å². The Morgan fingerprint density at radius 2 is 2.32 bits per heavy atom. The minimum absolute atomic E-state index is 0.535. The van der Waals surface area contributed by atoms with Gasteiger partial charge in [-0.05, 0) is 9.91 Å². The third-order valence-corrected chi connectivity index (χ3v) is 2.19. The molecule has 1 aromatic heterocycles. The predicted octanol–water partition coefficient (Wildman–Crippen LogP) is 1.51. The van der Waals surface area contributed by atoms with Crippen LogP contribution in [0, 0.1) is 21.4 Å². The van der Waals surface area contributed by atoms with Gasteiger partial charge in [0.1, 0.15) is 12.5 Å². The predicted molar refractivity (Wildman–Crippen MR) is 56.3 cm³/mol. The number of hydrogen-bond acceptors (Lipinski definition) is 6. The number of nitrogens with zero attached hydrogens (tertiary/aromatic N) is 3. The summed E-state index contributed by atoms with van der Waals surface area (Å²) in [7, 11) is 1.03. The maximum Gasteiger partial charge on any atom is 0.365 e. The molecular formula is C10H7F2N3O4. The van der Waals surface area contributed by atoms with E-state index in [1.54, 1.807) is 0 Å². The summed E-state index contributed by atoms with van der Waals surface area (Å²) >= 11 is 0. The highest BCUT2D eigenvalue weighted by Gasteiger charge is 2.28. The molecule has 7 nitrogen and oxygen atoms in total. The van der Waals surface area contributed by atoms with Gasteiger partial charge in [-0.2, -0.15) is 5.26 Å². The van der Waals surface area contributed by atoms with Crippen molar-refractivity contribution in [2.24, 2.45) is 0 Å². The second-order valence-electron chi connectivity index (χ2n) is 3.31. The van der Waals surface area contributed by atoms with Crippen LogP contribution < -0.4 is 0 Å². The molecule has 19 heavy (non-hydrogen) atoms. The van der Waals surface area contributed by atoms with Crippen molar-refractivity contribution in [2.45, 2.75) is 12.8 Å². The Morgan fingerprint density at radius 3 is 2.74 bits per heavy atom. The van der Waals surface area contributed by atoms with E-state index in [2.05, 4.69) is 9.72 Å². The number of nitriles is 1. The Balaban J connectivity index is 3.46. The van der Waals surface area contributed by atoms with Crippen molar-refractivity contribution in [3.63, 3.8) is 0 Å². The van der Waals surface area contributed by atoms with Crippen LogP contribution in [0.5, 0.6) is 0 Å². The van der Waals surface area contributed by atoms with Crippen LogP contribution in [0.25, 0.3) is 0 Å². The lowest BCUT2D eigenvalue weighted by Gasteiger charge is -2.06. The van der Waals surface area contributed by atoms with Crippen molar-refractivity contribution in [3.05, 3.63) is 33.0 Å². The zero-order valence-corrected chi connectivity index (χ0v) is 9.59. The van der Waals surface area contributed by atoms with Gasteiger partial charge in [0.05, 0.1) is 24.3 Å². The van der Waals surface area contributed by atoms with Crippen LogP contribution in [-0.4, -0.2) is 23.0 Å². The lowest BCUT2D eigenvalue weighted by atomic mass is 10.1. The molecule has 0 amide bonds. The number of alkyl halides is 2. The van der Waals surface area contributed by atoms with E-state index in [-0.39, 0.29) is 0 Å². The summed E-state index contributed by atoms with van der Waals surface area (Å²) in [6.07, 6.45) is -3.75. The summed E-state index contributed by atoms with van der Waals surface area (Å²) in [5, 5.41) is 19.3. The quantitative estimate of drug-likeness (QED) is 0.466. The number of aromatic nitrogens is 1. The minimum Gasteiger partial charge on any atom is -0.469 e. The molecule has 0 spiro atoms. The molecule has 9 heteroatoms. The molecule has 0 bridgehead atoms. The summed E-state index contributed by atoms with van der Waals surface area (Å²) in [6.45, 7) is 0. The summed E-state index contributed by atoms with van der Waals surface area (Å²) in [4.78, 5) is 24.1. The lowest BCUT2D eigenvalue weighted by molar-refractivity contribution is -0.389. The highest BCUT2D eigenvalue weighted by Crippen LogP contribution is 2.28. The van der Waals surface area contributed by atoms with Crippen molar-refractivity contribution in [1.29, 1.82) is 5.26 Å². The molecule has 0 aliphatic carbocycles. The molecule has 0 aliphatic heterocycles. The van der Waals surface area contributed by atoms with E-state index in [1.807, 2.05) is 0 Å². The average molecular weight is 271 g/mol. The fourth-order valence-electron chi connectivity index (χ4n) is 1.37. The van der Waals surface area contributed by atoms with Crippen molar-refractivity contribution in [3.8, 4) is 6.07 Å². The average Bonchev–Trinajstić information content (AvgIpc) is 2.36. The minimum atomic E-state index is -3.08. The molecule has 100 valence electrons. The van der Waals surface area contributed by atoms with Crippen LogP contribution in [-0.2, 0) is 16.0 Å². The van der Waals surface area contributed by atoms with Gasteiger partial charge in [0.2, 0.25) is 0 Å². The normalized spacial score (nSPS) is 10.1. The second kappa shape index (κ2) is 5.81. The number of halogens is 2. The maximum atomic E-state index is 12.8. The highest BCUT2D eigenvalue weighted by molar-refractivity contribution is 5.72. The van der Waals surface area contributed by atoms with Crippen molar-refractivity contribution in [1.82, 2.24) is 4.98 Å². The van der Waals surface area contributed by atoms with Gasteiger partial charge in [-0.3, -0.25) is 4.79 Å². The Morgan fingerprint density at radius 1 is 1.68 bits per heavy atom. The first-order valence-corrected chi connectivity index (χ1v) is 4.84. The Labute approximate surface area is 105 Å². The third-order valence-electron chi connectivity index (χ3n) is 2.19. The van der Waals surface area contributed by atoms with Crippen LogP contribution in [0.3, 0.4) is 0 Å². The number of ether oxygens (including phenoxy) is 1. The van der Waals surface area contributed by atoms with Crippen molar-refractivity contribution in [2.75, 3.05) is 7.11 Å². The summed E-state index contributed by atoms with van der Waals surface area (Å²) in [6, 6.07) is 2.07. The zero-order valence-electron chi connectivity index (χ0n) is 9.59. The largest absolute Gasteiger partial charge is 0.469 e. The number of nitro groups is 1. The fourth-order valence-corrected chi connectivity index (χ4v) is 1.37. The van der Waals surface area contributed by atoms with Crippen LogP contribution >= 0.6 is 0 Å². The van der Waals surface area contributed by atoms with Gasteiger partial charge < -0.3 is 14.9 Å². The number of hydrogen-bond donors (Lipinski definition) is 0. The van der Waals surface area contributed by atoms with E-state index in [0.717, 1.165) is 7.11 Å². The molecule has 1 rings (SSSR count).